The Balaban J connectivity index is 3.10. The van der Waals surface area contributed by atoms with Crippen LogP contribution in [0.1, 0.15) is 22.7 Å². The number of aryl methyl sites for hydroxylation is 2. The van der Waals surface area contributed by atoms with Crippen LogP contribution in [0.15, 0.2) is 18.2 Å². The van der Waals surface area contributed by atoms with Gasteiger partial charge in [-0.3, -0.25) is 0 Å². The van der Waals surface area contributed by atoms with Gasteiger partial charge in [0, 0.05) is 0 Å². The van der Waals surface area contributed by atoms with Crippen LogP contribution in [-0.2, 0) is 0 Å². The molecular formula is C11H15F2NO. The molecule has 0 radical (unpaired) electrons. The third kappa shape index (κ3) is 2.52. The van der Waals surface area contributed by atoms with Gasteiger partial charge in [0.05, 0.1) is 6.04 Å². The van der Waals surface area contributed by atoms with Crippen molar-refractivity contribution in [2.75, 3.05) is 6.61 Å². The summed E-state index contributed by atoms with van der Waals surface area (Å²) in [5.74, 6) is -3.28. The fraction of sp³-hybridized carbons (Fsp3) is 0.455. The Kier molecular flexibility index (Phi) is 3.42. The van der Waals surface area contributed by atoms with Gasteiger partial charge in [-0.15, -0.1) is 0 Å². The van der Waals surface area contributed by atoms with Crippen LogP contribution in [-0.4, -0.2) is 17.6 Å². The van der Waals surface area contributed by atoms with Crippen LogP contribution in [0.4, 0.5) is 8.78 Å². The van der Waals surface area contributed by atoms with Gasteiger partial charge in [-0.05, 0) is 25.0 Å². The van der Waals surface area contributed by atoms with Gasteiger partial charge in [-0.25, -0.2) is 8.78 Å². The minimum atomic E-state index is -3.28. The summed E-state index contributed by atoms with van der Waals surface area (Å²) in [7, 11) is 0. The highest BCUT2D eigenvalue weighted by atomic mass is 19.3. The van der Waals surface area contributed by atoms with Gasteiger partial charge >= 0.3 is 0 Å². The lowest BCUT2D eigenvalue weighted by Gasteiger charge is -2.23. The Morgan fingerprint density at radius 1 is 1.40 bits per heavy atom. The predicted molar refractivity (Wildman–Crippen MR) is 54.9 cm³/mol. The SMILES string of the molecule is Cc1ccc(C)c([C@@H](N)C(F)(F)CO)c1. The highest BCUT2D eigenvalue weighted by Gasteiger charge is 2.37. The maximum Gasteiger partial charge on any atom is 0.289 e. The van der Waals surface area contributed by atoms with Crippen molar-refractivity contribution in [1.29, 1.82) is 0 Å². The summed E-state index contributed by atoms with van der Waals surface area (Å²) in [6.45, 7) is 2.30. The lowest BCUT2D eigenvalue weighted by atomic mass is 9.95. The molecule has 0 aliphatic heterocycles. The zero-order chi connectivity index (χ0) is 11.6. The van der Waals surface area contributed by atoms with Crippen LogP contribution in [0.2, 0.25) is 0 Å². The van der Waals surface area contributed by atoms with Crippen LogP contribution >= 0.6 is 0 Å². The van der Waals surface area contributed by atoms with E-state index in [2.05, 4.69) is 0 Å². The standard InChI is InChI=1S/C11H15F2NO/c1-7-3-4-8(2)9(5-7)10(14)11(12,13)6-15/h3-5,10,15H,6,14H2,1-2H3/t10-/m1/s1. The molecule has 0 amide bonds. The number of rotatable bonds is 3. The number of hydrogen-bond donors (Lipinski definition) is 2. The van der Waals surface area contributed by atoms with Crippen molar-refractivity contribution in [3.8, 4) is 0 Å². The van der Waals surface area contributed by atoms with Crippen LogP contribution in [0, 0.1) is 13.8 Å². The molecule has 0 heterocycles. The molecule has 1 aromatic carbocycles. The Hall–Kier alpha value is -1.00. The minimum absolute atomic E-state index is 0.383. The summed E-state index contributed by atoms with van der Waals surface area (Å²) in [5, 5.41) is 8.56. The normalized spacial score (nSPS) is 14.0. The number of aliphatic hydroxyl groups is 1. The van der Waals surface area contributed by atoms with Crippen molar-refractivity contribution in [1.82, 2.24) is 0 Å². The molecule has 0 saturated carbocycles. The molecule has 1 rings (SSSR count). The van der Waals surface area contributed by atoms with E-state index in [0.717, 1.165) is 5.56 Å². The van der Waals surface area contributed by atoms with Gasteiger partial charge in [0.15, 0.2) is 0 Å². The molecule has 1 atom stereocenters. The lowest BCUT2D eigenvalue weighted by Crippen LogP contribution is -2.36. The van der Waals surface area contributed by atoms with E-state index in [4.69, 9.17) is 10.8 Å². The second kappa shape index (κ2) is 4.24. The van der Waals surface area contributed by atoms with Crippen LogP contribution in [0.25, 0.3) is 0 Å². The summed E-state index contributed by atoms with van der Waals surface area (Å²) in [5.41, 5.74) is 7.41. The zero-order valence-corrected chi connectivity index (χ0v) is 8.80. The number of benzene rings is 1. The zero-order valence-electron chi connectivity index (χ0n) is 8.80. The van der Waals surface area contributed by atoms with E-state index in [-0.39, 0.29) is 0 Å². The minimum Gasteiger partial charge on any atom is -0.390 e. The van der Waals surface area contributed by atoms with Gasteiger partial charge in [0.25, 0.3) is 5.92 Å². The van der Waals surface area contributed by atoms with Gasteiger partial charge in [0.2, 0.25) is 0 Å². The molecule has 84 valence electrons. The van der Waals surface area contributed by atoms with E-state index in [9.17, 15) is 8.78 Å². The molecule has 0 aliphatic rings. The largest absolute Gasteiger partial charge is 0.390 e. The summed E-state index contributed by atoms with van der Waals surface area (Å²) in [6.07, 6.45) is 0. The van der Waals surface area contributed by atoms with Crippen molar-refractivity contribution in [2.45, 2.75) is 25.8 Å². The second-order valence-electron chi connectivity index (χ2n) is 3.76. The number of halogens is 2. The van der Waals surface area contributed by atoms with E-state index in [1.807, 2.05) is 13.0 Å². The molecule has 0 aromatic heterocycles. The Labute approximate surface area is 87.7 Å². The number of nitrogens with two attached hydrogens (primary N) is 1. The Morgan fingerprint density at radius 3 is 2.53 bits per heavy atom. The molecule has 1 aromatic rings. The van der Waals surface area contributed by atoms with Crippen LogP contribution in [0.5, 0.6) is 0 Å². The monoisotopic (exact) mass is 215 g/mol. The highest BCUT2D eigenvalue weighted by Crippen LogP contribution is 2.30. The molecule has 0 unspecified atom stereocenters. The van der Waals surface area contributed by atoms with Gasteiger partial charge in [-0.2, -0.15) is 0 Å². The second-order valence-corrected chi connectivity index (χ2v) is 3.76. The molecule has 4 heteroatoms. The number of alkyl halides is 2. The fourth-order valence-electron chi connectivity index (χ4n) is 1.42. The maximum absolute atomic E-state index is 13.2. The quantitative estimate of drug-likeness (QED) is 0.809. The first-order chi connectivity index (χ1) is 6.88. The highest BCUT2D eigenvalue weighted by molar-refractivity contribution is 5.33. The Morgan fingerprint density at radius 2 is 2.00 bits per heavy atom. The van der Waals surface area contributed by atoms with Crippen molar-refractivity contribution >= 4 is 0 Å². The molecule has 0 spiro atoms. The maximum atomic E-state index is 13.2. The molecule has 15 heavy (non-hydrogen) atoms. The molecule has 3 N–H and O–H groups in total. The van der Waals surface area contributed by atoms with Crippen molar-refractivity contribution in [2.24, 2.45) is 5.73 Å². The van der Waals surface area contributed by atoms with Crippen molar-refractivity contribution in [3.63, 3.8) is 0 Å². The van der Waals surface area contributed by atoms with Gasteiger partial charge < -0.3 is 10.8 Å². The summed E-state index contributed by atoms with van der Waals surface area (Å²) in [4.78, 5) is 0. The number of hydrogen-bond acceptors (Lipinski definition) is 2. The van der Waals surface area contributed by atoms with Crippen molar-refractivity contribution < 1.29 is 13.9 Å². The third-order valence-electron chi connectivity index (χ3n) is 2.44. The average molecular weight is 215 g/mol. The summed E-state index contributed by atoms with van der Waals surface area (Å²) >= 11 is 0. The van der Waals surface area contributed by atoms with E-state index in [1.54, 1.807) is 19.1 Å². The number of aliphatic hydroxyl groups excluding tert-OH is 1. The fourth-order valence-corrected chi connectivity index (χ4v) is 1.42. The predicted octanol–water partition coefficient (Wildman–Crippen LogP) is 1.93. The van der Waals surface area contributed by atoms with E-state index in [0.29, 0.717) is 11.1 Å². The first kappa shape index (κ1) is 12.1. The van der Waals surface area contributed by atoms with Gasteiger partial charge in [-0.1, -0.05) is 23.8 Å². The van der Waals surface area contributed by atoms with Gasteiger partial charge in [0.1, 0.15) is 6.61 Å². The first-order valence-corrected chi connectivity index (χ1v) is 4.70. The van der Waals surface area contributed by atoms with E-state index >= 15 is 0 Å². The molecule has 0 fully saturated rings. The molecule has 2 nitrogen and oxygen atoms in total. The van der Waals surface area contributed by atoms with Crippen molar-refractivity contribution in [3.05, 3.63) is 34.9 Å². The van der Waals surface area contributed by atoms with Crippen LogP contribution < -0.4 is 5.73 Å². The topological polar surface area (TPSA) is 46.2 Å². The molecule has 0 bridgehead atoms. The van der Waals surface area contributed by atoms with E-state index < -0.39 is 18.6 Å². The van der Waals surface area contributed by atoms with Crippen LogP contribution in [0.3, 0.4) is 0 Å². The molecule has 0 saturated heterocycles. The lowest BCUT2D eigenvalue weighted by molar-refractivity contribution is -0.0713. The molecular weight excluding hydrogens is 200 g/mol. The first-order valence-electron chi connectivity index (χ1n) is 4.70. The average Bonchev–Trinajstić information content (AvgIpc) is 2.20. The smallest absolute Gasteiger partial charge is 0.289 e. The Bertz CT molecular complexity index is 352. The summed E-state index contributed by atoms with van der Waals surface area (Å²) in [6, 6.07) is 3.76. The van der Waals surface area contributed by atoms with E-state index in [1.165, 1.54) is 0 Å². The summed E-state index contributed by atoms with van der Waals surface area (Å²) < 4.78 is 26.3. The third-order valence-corrected chi connectivity index (χ3v) is 2.44. The molecule has 0 aliphatic carbocycles.